The number of hydrogen-bond donors (Lipinski definition) is 1. The minimum atomic E-state index is -0.182. The molecule has 4 nitrogen and oxygen atoms in total. The summed E-state index contributed by atoms with van der Waals surface area (Å²) in [6.45, 7) is 4.21. The Bertz CT molecular complexity index is 492. The first-order valence-electron chi connectivity index (χ1n) is 7.29. The molecule has 0 radical (unpaired) electrons. The molecular weight excluding hydrogens is 254 g/mol. The number of benzene rings is 1. The van der Waals surface area contributed by atoms with Gasteiger partial charge in [-0.05, 0) is 32.0 Å². The van der Waals surface area contributed by atoms with E-state index in [1.165, 1.54) is 0 Å². The Morgan fingerprint density at radius 1 is 1.20 bits per heavy atom. The zero-order chi connectivity index (χ0) is 14.3. The van der Waals surface area contributed by atoms with Gasteiger partial charge in [-0.25, -0.2) is 0 Å². The van der Waals surface area contributed by atoms with Crippen molar-refractivity contribution in [3.8, 4) is 11.5 Å². The lowest BCUT2D eigenvalue weighted by Gasteiger charge is -2.47. The maximum Gasteiger partial charge on any atom is 0.125 e. The molecule has 0 bridgehead atoms. The van der Waals surface area contributed by atoms with Gasteiger partial charge in [0.2, 0.25) is 0 Å². The largest absolute Gasteiger partial charge is 0.497 e. The van der Waals surface area contributed by atoms with E-state index in [-0.39, 0.29) is 23.9 Å². The summed E-state index contributed by atoms with van der Waals surface area (Å²) in [6, 6.07) is 5.88. The second kappa shape index (κ2) is 4.93. The SMILES string of the molecule is COc1ccc2c(c1)C(N)CC1(CC(C)OC(C)C1)O2. The number of rotatable bonds is 1. The summed E-state index contributed by atoms with van der Waals surface area (Å²) < 4.78 is 17.5. The highest BCUT2D eigenvalue weighted by atomic mass is 16.5. The van der Waals surface area contributed by atoms with Crippen molar-refractivity contribution in [2.45, 2.75) is 57.0 Å². The van der Waals surface area contributed by atoms with E-state index < -0.39 is 0 Å². The van der Waals surface area contributed by atoms with Crippen LogP contribution >= 0.6 is 0 Å². The maximum absolute atomic E-state index is 6.39. The molecule has 3 unspecified atom stereocenters. The maximum atomic E-state index is 6.39. The highest BCUT2D eigenvalue weighted by Crippen LogP contribution is 2.46. The summed E-state index contributed by atoms with van der Waals surface area (Å²) in [5.74, 6) is 1.72. The van der Waals surface area contributed by atoms with Crippen LogP contribution in [0.25, 0.3) is 0 Å². The molecule has 2 N–H and O–H groups in total. The van der Waals surface area contributed by atoms with Gasteiger partial charge in [0.05, 0.1) is 19.3 Å². The van der Waals surface area contributed by atoms with E-state index in [2.05, 4.69) is 13.8 Å². The normalized spacial score (nSPS) is 36.3. The van der Waals surface area contributed by atoms with Crippen LogP contribution in [0.2, 0.25) is 0 Å². The molecular formula is C16H23NO3. The van der Waals surface area contributed by atoms with Gasteiger partial charge in [-0.1, -0.05) is 0 Å². The van der Waals surface area contributed by atoms with Gasteiger partial charge in [0.15, 0.2) is 0 Å². The highest BCUT2D eigenvalue weighted by Gasteiger charge is 2.45. The van der Waals surface area contributed by atoms with Crippen LogP contribution in [0.4, 0.5) is 0 Å². The molecule has 1 spiro atoms. The Balaban J connectivity index is 1.92. The minimum absolute atomic E-state index is 0.00801. The van der Waals surface area contributed by atoms with E-state index in [1.807, 2.05) is 18.2 Å². The molecule has 110 valence electrons. The van der Waals surface area contributed by atoms with Crippen LogP contribution in [0.3, 0.4) is 0 Å². The molecule has 2 aliphatic rings. The third kappa shape index (κ3) is 2.38. The quantitative estimate of drug-likeness (QED) is 0.857. The number of fused-ring (bicyclic) bond motifs is 1. The first-order valence-corrected chi connectivity index (χ1v) is 7.29. The van der Waals surface area contributed by atoms with Crippen molar-refractivity contribution in [1.82, 2.24) is 0 Å². The van der Waals surface area contributed by atoms with Crippen molar-refractivity contribution >= 4 is 0 Å². The summed E-state index contributed by atoms with van der Waals surface area (Å²) in [4.78, 5) is 0. The molecule has 1 aromatic carbocycles. The van der Waals surface area contributed by atoms with Gasteiger partial charge >= 0.3 is 0 Å². The van der Waals surface area contributed by atoms with Gasteiger partial charge in [-0.3, -0.25) is 0 Å². The fourth-order valence-corrected chi connectivity index (χ4v) is 3.70. The molecule has 3 rings (SSSR count). The Kier molecular flexibility index (Phi) is 3.38. The van der Waals surface area contributed by atoms with Crippen molar-refractivity contribution in [2.75, 3.05) is 7.11 Å². The molecule has 2 heterocycles. The van der Waals surface area contributed by atoms with Gasteiger partial charge < -0.3 is 19.9 Å². The van der Waals surface area contributed by atoms with E-state index in [9.17, 15) is 0 Å². The van der Waals surface area contributed by atoms with E-state index >= 15 is 0 Å². The Labute approximate surface area is 120 Å². The van der Waals surface area contributed by atoms with Crippen molar-refractivity contribution in [1.29, 1.82) is 0 Å². The van der Waals surface area contributed by atoms with E-state index in [1.54, 1.807) is 7.11 Å². The second-order valence-electron chi connectivity index (χ2n) is 6.17. The molecule has 0 amide bonds. The molecule has 0 saturated carbocycles. The average Bonchev–Trinajstić information content (AvgIpc) is 2.36. The predicted molar refractivity (Wildman–Crippen MR) is 77.1 cm³/mol. The van der Waals surface area contributed by atoms with Crippen LogP contribution in [0.15, 0.2) is 18.2 Å². The molecule has 1 fully saturated rings. The monoisotopic (exact) mass is 277 g/mol. The third-order valence-electron chi connectivity index (χ3n) is 4.32. The molecule has 2 aliphatic heterocycles. The van der Waals surface area contributed by atoms with Gasteiger partial charge in [0, 0.05) is 30.9 Å². The molecule has 3 atom stereocenters. The second-order valence-corrected chi connectivity index (χ2v) is 6.17. The third-order valence-corrected chi connectivity index (χ3v) is 4.32. The molecule has 4 heteroatoms. The van der Waals surface area contributed by atoms with Gasteiger partial charge in [0.25, 0.3) is 0 Å². The Morgan fingerprint density at radius 3 is 2.55 bits per heavy atom. The topological polar surface area (TPSA) is 53.7 Å². The van der Waals surface area contributed by atoms with E-state index in [0.717, 1.165) is 36.3 Å². The van der Waals surface area contributed by atoms with E-state index in [4.69, 9.17) is 19.9 Å². The predicted octanol–water partition coefficient (Wildman–Crippen LogP) is 2.80. The fraction of sp³-hybridized carbons (Fsp3) is 0.625. The summed E-state index contributed by atoms with van der Waals surface area (Å²) in [7, 11) is 1.67. The van der Waals surface area contributed by atoms with Crippen LogP contribution in [0.5, 0.6) is 11.5 Å². The lowest BCUT2D eigenvalue weighted by atomic mass is 9.79. The first kappa shape index (κ1) is 13.7. The molecule has 0 aliphatic carbocycles. The zero-order valence-electron chi connectivity index (χ0n) is 12.4. The Morgan fingerprint density at radius 2 is 1.90 bits per heavy atom. The van der Waals surface area contributed by atoms with Crippen molar-refractivity contribution in [3.63, 3.8) is 0 Å². The van der Waals surface area contributed by atoms with Crippen molar-refractivity contribution in [2.24, 2.45) is 5.73 Å². The Hall–Kier alpha value is -1.26. The summed E-state index contributed by atoms with van der Waals surface area (Å²) >= 11 is 0. The number of nitrogens with two attached hydrogens (primary N) is 1. The molecule has 1 aromatic rings. The van der Waals surface area contributed by atoms with Crippen LogP contribution in [0.1, 0.15) is 44.7 Å². The fourth-order valence-electron chi connectivity index (χ4n) is 3.70. The van der Waals surface area contributed by atoms with Crippen molar-refractivity contribution in [3.05, 3.63) is 23.8 Å². The number of methoxy groups -OCH3 is 1. The zero-order valence-corrected chi connectivity index (χ0v) is 12.4. The summed E-state index contributed by atoms with van der Waals surface area (Å²) in [6.07, 6.45) is 3.06. The summed E-state index contributed by atoms with van der Waals surface area (Å²) in [5.41, 5.74) is 7.25. The summed E-state index contributed by atoms with van der Waals surface area (Å²) in [5, 5.41) is 0. The van der Waals surface area contributed by atoms with Gasteiger partial charge in [-0.15, -0.1) is 0 Å². The van der Waals surface area contributed by atoms with Crippen LogP contribution in [-0.4, -0.2) is 24.9 Å². The standard InChI is InChI=1S/C16H23NO3/c1-10-7-16(8-11(2)19-10)9-14(17)13-6-12(18-3)4-5-15(13)20-16/h4-6,10-11,14H,7-9,17H2,1-3H3. The van der Waals surface area contributed by atoms with Gasteiger partial charge in [0.1, 0.15) is 17.1 Å². The lowest BCUT2D eigenvalue weighted by Crippen LogP contribution is -2.51. The number of hydrogen-bond acceptors (Lipinski definition) is 4. The van der Waals surface area contributed by atoms with Crippen LogP contribution in [0, 0.1) is 0 Å². The average molecular weight is 277 g/mol. The molecule has 0 aromatic heterocycles. The lowest BCUT2D eigenvalue weighted by molar-refractivity contribution is -0.129. The van der Waals surface area contributed by atoms with Crippen LogP contribution in [-0.2, 0) is 4.74 Å². The highest BCUT2D eigenvalue weighted by molar-refractivity contribution is 5.44. The molecule has 20 heavy (non-hydrogen) atoms. The first-order chi connectivity index (χ1) is 9.51. The van der Waals surface area contributed by atoms with Crippen molar-refractivity contribution < 1.29 is 14.2 Å². The number of ether oxygens (including phenoxy) is 3. The van der Waals surface area contributed by atoms with E-state index in [0.29, 0.717) is 0 Å². The van der Waals surface area contributed by atoms with Crippen LogP contribution < -0.4 is 15.2 Å². The smallest absolute Gasteiger partial charge is 0.125 e. The minimum Gasteiger partial charge on any atom is -0.497 e. The van der Waals surface area contributed by atoms with Gasteiger partial charge in [-0.2, -0.15) is 0 Å². The molecule has 1 saturated heterocycles.